The first kappa shape index (κ1) is 15.4. The maximum atomic E-state index is 5.86. The van der Waals surface area contributed by atoms with Crippen LogP contribution in [0.3, 0.4) is 0 Å². The van der Waals surface area contributed by atoms with Crippen LogP contribution in [0.1, 0.15) is 5.56 Å². The van der Waals surface area contributed by atoms with Crippen LogP contribution in [-0.2, 0) is 6.54 Å². The smallest absolute Gasteiger partial charge is 0.223 e. The minimum atomic E-state index is 0.281. The highest BCUT2D eigenvalue weighted by Gasteiger charge is 2.13. The van der Waals surface area contributed by atoms with Crippen molar-refractivity contribution >= 4 is 17.6 Å². The minimum Gasteiger partial charge on any atom is -0.496 e. The number of hydrogen-bond donors (Lipinski definition) is 3. The van der Waals surface area contributed by atoms with Gasteiger partial charge in [0.2, 0.25) is 5.95 Å². The number of hydrogen-bond acceptors (Lipinski definition) is 7. The van der Waals surface area contributed by atoms with Crippen molar-refractivity contribution in [3.8, 4) is 5.75 Å². The second-order valence-electron chi connectivity index (χ2n) is 5.37. The van der Waals surface area contributed by atoms with Gasteiger partial charge in [0.1, 0.15) is 17.4 Å². The molecule has 0 spiro atoms. The Balaban J connectivity index is 1.73. The summed E-state index contributed by atoms with van der Waals surface area (Å²) < 4.78 is 5.36. The van der Waals surface area contributed by atoms with Crippen molar-refractivity contribution in [3.05, 3.63) is 35.9 Å². The summed E-state index contributed by atoms with van der Waals surface area (Å²) in [6.07, 6.45) is 0. The number of nitrogen functional groups attached to an aromatic ring is 1. The molecule has 122 valence electrons. The van der Waals surface area contributed by atoms with E-state index in [-0.39, 0.29) is 5.95 Å². The van der Waals surface area contributed by atoms with Crippen molar-refractivity contribution in [2.24, 2.45) is 0 Å². The van der Waals surface area contributed by atoms with Gasteiger partial charge in [-0.25, -0.2) is 0 Å². The SMILES string of the molecule is COc1ccccc1CNc1cc(N2CCNCC2)nc(N)n1. The summed E-state index contributed by atoms with van der Waals surface area (Å²) in [4.78, 5) is 10.8. The predicted molar refractivity (Wildman–Crippen MR) is 91.8 cm³/mol. The van der Waals surface area contributed by atoms with Gasteiger partial charge in [0, 0.05) is 44.4 Å². The van der Waals surface area contributed by atoms with Gasteiger partial charge >= 0.3 is 0 Å². The van der Waals surface area contributed by atoms with Gasteiger partial charge in [-0.2, -0.15) is 9.97 Å². The van der Waals surface area contributed by atoms with E-state index in [0.717, 1.165) is 49.1 Å². The van der Waals surface area contributed by atoms with Gasteiger partial charge in [-0.15, -0.1) is 0 Å². The molecule has 0 unspecified atom stereocenters. The number of anilines is 3. The number of rotatable bonds is 5. The number of ether oxygens (including phenoxy) is 1. The molecule has 23 heavy (non-hydrogen) atoms. The Morgan fingerprint density at radius 1 is 1.26 bits per heavy atom. The van der Waals surface area contributed by atoms with Crippen LogP contribution in [0.4, 0.5) is 17.6 Å². The Morgan fingerprint density at radius 2 is 2.04 bits per heavy atom. The third-order valence-corrected chi connectivity index (χ3v) is 3.82. The van der Waals surface area contributed by atoms with Gasteiger partial charge in [0.25, 0.3) is 0 Å². The molecule has 0 bridgehead atoms. The zero-order valence-electron chi connectivity index (χ0n) is 13.2. The lowest BCUT2D eigenvalue weighted by Crippen LogP contribution is -2.44. The minimum absolute atomic E-state index is 0.281. The second kappa shape index (κ2) is 7.15. The molecule has 7 nitrogen and oxygen atoms in total. The molecule has 0 saturated carbocycles. The number of nitrogens with zero attached hydrogens (tertiary/aromatic N) is 3. The van der Waals surface area contributed by atoms with Crippen LogP contribution in [0.2, 0.25) is 0 Å². The van der Waals surface area contributed by atoms with Crippen LogP contribution >= 0.6 is 0 Å². The lowest BCUT2D eigenvalue weighted by Gasteiger charge is -2.28. The van der Waals surface area contributed by atoms with Crippen LogP contribution in [-0.4, -0.2) is 43.3 Å². The Kier molecular flexibility index (Phi) is 4.77. The molecule has 4 N–H and O–H groups in total. The maximum absolute atomic E-state index is 5.86. The summed E-state index contributed by atoms with van der Waals surface area (Å²) >= 11 is 0. The molecule has 1 aliphatic heterocycles. The summed E-state index contributed by atoms with van der Waals surface area (Å²) in [6.45, 7) is 4.36. The van der Waals surface area contributed by atoms with E-state index >= 15 is 0 Å². The van der Waals surface area contributed by atoms with Crippen LogP contribution in [0.25, 0.3) is 0 Å². The zero-order valence-corrected chi connectivity index (χ0v) is 13.2. The van der Waals surface area contributed by atoms with Crippen molar-refractivity contribution in [2.75, 3.05) is 49.2 Å². The van der Waals surface area contributed by atoms with E-state index in [9.17, 15) is 0 Å². The number of nitrogens with one attached hydrogen (secondary N) is 2. The highest BCUT2D eigenvalue weighted by molar-refractivity contribution is 5.53. The standard InChI is InChI=1S/C16H22N6O/c1-23-13-5-3-2-4-12(13)11-19-14-10-15(21-16(17)20-14)22-8-6-18-7-9-22/h2-5,10,18H,6-9,11H2,1H3,(H3,17,19,20,21). The fourth-order valence-corrected chi connectivity index (χ4v) is 2.63. The Bertz CT molecular complexity index is 657. The molecule has 1 saturated heterocycles. The van der Waals surface area contributed by atoms with E-state index < -0.39 is 0 Å². The van der Waals surface area contributed by atoms with Crippen LogP contribution in [0.15, 0.2) is 30.3 Å². The third-order valence-electron chi connectivity index (χ3n) is 3.82. The van der Waals surface area contributed by atoms with Crippen molar-refractivity contribution in [1.29, 1.82) is 0 Å². The Morgan fingerprint density at radius 3 is 2.83 bits per heavy atom. The van der Waals surface area contributed by atoms with Gasteiger partial charge in [-0.3, -0.25) is 0 Å². The third kappa shape index (κ3) is 3.81. The lowest BCUT2D eigenvalue weighted by molar-refractivity contribution is 0.410. The van der Waals surface area contributed by atoms with E-state index in [1.54, 1.807) is 7.11 Å². The summed E-state index contributed by atoms with van der Waals surface area (Å²) in [7, 11) is 1.67. The van der Waals surface area contributed by atoms with Crippen molar-refractivity contribution < 1.29 is 4.74 Å². The average molecular weight is 314 g/mol. The van der Waals surface area contributed by atoms with Crippen molar-refractivity contribution in [3.63, 3.8) is 0 Å². The first-order valence-corrected chi connectivity index (χ1v) is 7.72. The highest BCUT2D eigenvalue weighted by Crippen LogP contribution is 2.21. The van der Waals surface area contributed by atoms with Crippen LogP contribution < -0.4 is 26.0 Å². The first-order chi connectivity index (χ1) is 11.3. The number of aromatic nitrogens is 2. The fourth-order valence-electron chi connectivity index (χ4n) is 2.63. The zero-order chi connectivity index (χ0) is 16.1. The summed E-state index contributed by atoms with van der Waals surface area (Å²) in [6, 6.07) is 9.84. The van der Waals surface area contributed by atoms with Gasteiger partial charge in [0.15, 0.2) is 0 Å². The Hall–Kier alpha value is -2.54. The number of benzene rings is 1. The lowest BCUT2D eigenvalue weighted by atomic mass is 10.2. The average Bonchev–Trinajstić information content (AvgIpc) is 2.60. The van der Waals surface area contributed by atoms with Gasteiger partial charge < -0.3 is 26.0 Å². The van der Waals surface area contributed by atoms with E-state index in [1.165, 1.54) is 0 Å². The topological polar surface area (TPSA) is 88.3 Å². The van der Waals surface area contributed by atoms with Gasteiger partial charge in [-0.1, -0.05) is 18.2 Å². The number of nitrogens with two attached hydrogens (primary N) is 1. The molecular weight excluding hydrogens is 292 g/mol. The number of methoxy groups -OCH3 is 1. The van der Waals surface area contributed by atoms with E-state index in [1.807, 2.05) is 30.3 Å². The molecular formula is C16H22N6O. The number of piperazine rings is 1. The normalized spacial score (nSPS) is 14.6. The van der Waals surface area contributed by atoms with Crippen molar-refractivity contribution in [1.82, 2.24) is 15.3 Å². The maximum Gasteiger partial charge on any atom is 0.223 e. The molecule has 1 aromatic carbocycles. The van der Waals surface area contributed by atoms with Gasteiger partial charge in [0.05, 0.1) is 7.11 Å². The summed E-state index contributed by atoms with van der Waals surface area (Å²) in [5, 5.41) is 6.63. The molecule has 0 atom stereocenters. The molecule has 0 radical (unpaired) electrons. The van der Waals surface area contributed by atoms with Crippen LogP contribution in [0.5, 0.6) is 5.75 Å². The quantitative estimate of drug-likeness (QED) is 0.761. The van der Waals surface area contributed by atoms with E-state index in [4.69, 9.17) is 10.5 Å². The number of para-hydroxylation sites is 1. The summed E-state index contributed by atoms with van der Waals surface area (Å²) in [5.74, 6) is 2.71. The van der Waals surface area contributed by atoms with Gasteiger partial charge in [-0.05, 0) is 6.07 Å². The second-order valence-corrected chi connectivity index (χ2v) is 5.37. The monoisotopic (exact) mass is 314 g/mol. The molecule has 0 aliphatic carbocycles. The molecule has 2 aromatic rings. The molecule has 1 fully saturated rings. The molecule has 1 aliphatic rings. The first-order valence-electron chi connectivity index (χ1n) is 7.72. The largest absolute Gasteiger partial charge is 0.496 e. The molecule has 7 heteroatoms. The predicted octanol–water partition coefficient (Wildman–Crippen LogP) is 1.09. The van der Waals surface area contributed by atoms with E-state index in [2.05, 4.69) is 25.5 Å². The highest BCUT2D eigenvalue weighted by atomic mass is 16.5. The Labute approximate surface area is 135 Å². The molecule has 3 rings (SSSR count). The van der Waals surface area contributed by atoms with Crippen LogP contribution in [0, 0.1) is 0 Å². The summed E-state index contributed by atoms with van der Waals surface area (Å²) in [5.41, 5.74) is 6.93. The van der Waals surface area contributed by atoms with Crippen molar-refractivity contribution in [2.45, 2.75) is 6.54 Å². The molecule has 0 amide bonds. The molecule has 1 aromatic heterocycles. The fraction of sp³-hybridized carbons (Fsp3) is 0.375. The van der Waals surface area contributed by atoms with E-state index in [0.29, 0.717) is 6.54 Å². The molecule has 2 heterocycles.